The van der Waals surface area contributed by atoms with Crippen molar-refractivity contribution in [3.63, 3.8) is 0 Å². The Kier molecular flexibility index (Phi) is 8.58. The van der Waals surface area contributed by atoms with E-state index in [1.165, 1.54) is 18.6 Å². The molecular weight excluding hydrogens is 420 g/mol. The van der Waals surface area contributed by atoms with Crippen LogP contribution in [-0.2, 0) is 23.9 Å². The first-order valence-corrected chi connectivity index (χ1v) is 12.2. The van der Waals surface area contributed by atoms with Crippen LogP contribution < -0.4 is 0 Å². The number of carboxylic acids is 1. The summed E-state index contributed by atoms with van der Waals surface area (Å²) >= 11 is 0. The normalized spacial score (nSPS) is 29.5. The van der Waals surface area contributed by atoms with Gasteiger partial charge in [0.2, 0.25) is 0 Å². The first-order chi connectivity index (χ1) is 15.2. The topological polar surface area (TPSA) is 89.9 Å². The molecule has 0 aromatic carbocycles. The highest BCUT2D eigenvalue weighted by Gasteiger charge is 2.59. The first-order valence-electron chi connectivity index (χ1n) is 12.2. The monoisotopic (exact) mass is 462 g/mol. The van der Waals surface area contributed by atoms with Crippen LogP contribution in [0.5, 0.6) is 0 Å². The van der Waals surface area contributed by atoms with Crippen molar-refractivity contribution < 1.29 is 29.0 Å². The lowest BCUT2D eigenvalue weighted by Crippen LogP contribution is -2.58. The molecule has 33 heavy (non-hydrogen) atoms. The Labute approximate surface area is 198 Å². The van der Waals surface area contributed by atoms with Crippen molar-refractivity contribution in [3.8, 4) is 0 Å². The SMILES string of the molecule is CC(=O)O[C@@H]1[C@@H](OC(=O)CC(C)C)C(C)=C(CC/C(C)=C/C(=O)O)[C@@]2(C)CCCC(C)(C)[C@H]12. The van der Waals surface area contributed by atoms with Crippen LogP contribution in [0.1, 0.15) is 93.9 Å². The number of ether oxygens (including phenoxy) is 2. The number of hydrogen-bond donors (Lipinski definition) is 1. The maximum atomic E-state index is 12.7. The van der Waals surface area contributed by atoms with Gasteiger partial charge in [-0.25, -0.2) is 4.79 Å². The first kappa shape index (κ1) is 27.1. The molecule has 0 saturated heterocycles. The van der Waals surface area contributed by atoms with Gasteiger partial charge in [-0.3, -0.25) is 9.59 Å². The van der Waals surface area contributed by atoms with Crippen molar-refractivity contribution >= 4 is 17.9 Å². The molecule has 0 heterocycles. The van der Waals surface area contributed by atoms with Gasteiger partial charge < -0.3 is 14.6 Å². The number of allylic oxidation sites excluding steroid dienone is 2. The van der Waals surface area contributed by atoms with Crippen LogP contribution in [0.15, 0.2) is 22.8 Å². The largest absolute Gasteiger partial charge is 0.478 e. The van der Waals surface area contributed by atoms with E-state index in [0.29, 0.717) is 19.3 Å². The molecule has 2 rings (SSSR count). The molecular formula is C27H42O6. The van der Waals surface area contributed by atoms with Crippen LogP contribution in [0.25, 0.3) is 0 Å². The minimum atomic E-state index is -0.944. The van der Waals surface area contributed by atoms with Crippen LogP contribution in [0.4, 0.5) is 0 Å². The number of fused-ring (bicyclic) bond motifs is 1. The van der Waals surface area contributed by atoms with Gasteiger partial charge in [-0.2, -0.15) is 0 Å². The summed E-state index contributed by atoms with van der Waals surface area (Å²) in [6.45, 7) is 15.8. The predicted octanol–water partition coefficient (Wildman–Crippen LogP) is 5.85. The molecule has 0 aliphatic heterocycles. The summed E-state index contributed by atoms with van der Waals surface area (Å²) in [6, 6.07) is 0. The number of hydrogen-bond acceptors (Lipinski definition) is 5. The second kappa shape index (κ2) is 10.4. The number of carboxylic acid groups (broad SMARTS) is 1. The number of esters is 2. The number of carbonyl (C=O) groups is 3. The number of aliphatic carboxylic acids is 1. The van der Waals surface area contributed by atoms with Crippen LogP contribution in [0.3, 0.4) is 0 Å². The van der Waals surface area contributed by atoms with E-state index in [1.54, 1.807) is 0 Å². The summed E-state index contributed by atoms with van der Waals surface area (Å²) in [7, 11) is 0. The maximum absolute atomic E-state index is 12.7. The van der Waals surface area contributed by atoms with Gasteiger partial charge in [0, 0.05) is 25.3 Å². The lowest BCUT2D eigenvalue weighted by Gasteiger charge is -2.58. The standard InChI is InChI=1S/C27H42O6/c1-16(2)14-22(31)33-23-18(4)20(11-10-17(3)15-21(29)30)27(8)13-9-12-26(6,7)25(27)24(23)32-19(5)28/h15-16,23-25H,9-14H2,1-8H3,(H,29,30)/b17-15+/t23-,24+,25-,27+/m0/s1. The third-order valence-electron chi connectivity index (χ3n) is 7.54. The molecule has 2 aliphatic carbocycles. The second-order valence-electron chi connectivity index (χ2n) is 11.3. The Morgan fingerprint density at radius 2 is 1.76 bits per heavy atom. The number of rotatable bonds is 8. The van der Waals surface area contributed by atoms with E-state index in [0.717, 1.165) is 30.4 Å². The predicted molar refractivity (Wildman–Crippen MR) is 127 cm³/mol. The molecule has 4 atom stereocenters. The number of carbonyl (C=O) groups excluding carboxylic acids is 2. The molecule has 0 amide bonds. The highest BCUT2D eigenvalue weighted by atomic mass is 16.6. The average molecular weight is 463 g/mol. The van der Waals surface area contributed by atoms with Crippen LogP contribution in [-0.4, -0.2) is 35.2 Å². The third-order valence-corrected chi connectivity index (χ3v) is 7.54. The second-order valence-corrected chi connectivity index (χ2v) is 11.3. The third kappa shape index (κ3) is 6.27. The molecule has 0 spiro atoms. The molecule has 1 saturated carbocycles. The van der Waals surface area contributed by atoms with Gasteiger partial charge in [0.15, 0.2) is 6.10 Å². The smallest absolute Gasteiger partial charge is 0.328 e. The van der Waals surface area contributed by atoms with Gasteiger partial charge >= 0.3 is 17.9 Å². The fraction of sp³-hybridized carbons (Fsp3) is 0.741. The fourth-order valence-electron chi connectivity index (χ4n) is 6.36. The Morgan fingerprint density at radius 1 is 1.12 bits per heavy atom. The van der Waals surface area contributed by atoms with Crippen molar-refractivity contribution in [3.05, 3.63) is 22.8 Å². The van der Waals surface area contributed by atoms with E-state index in [9.17, 15) is 14.4 Å². The van der Waals surface area contributed by atoms with E-state index >= 15 is 0 Å². The molecule has 6 heteroatoms. The van der Waals surface area contributed by atoms with Crippen LogP contribution in [0, 0.1) is 22.7 Å². The van der Waals surface area contributed by atoms with E-state index < -0.39 is 18.2 Å². The molecule has 0 aromatic rings. The zero-order valence-electron chi connectivity index (χ0n) is 21.6. The zero-order valence-corrected chi connectivity index (χ0v) is 21.6. The summed E-state index contributed by atoms with van der Waals surface area (Å²) in [6.07, 6.45) is 4.71. The van der Waals surface area contributed by atoms with E-state index in [-0.39, 0.29) is 34.6 Å². The molecule has 0 radical (unpaired) electrons. The summed E-state index contributed by atoms with van der Waals surface area (Å²) in [5, 5.41) is 9.12. The van der Waals surface area contributed by atoms with E-state index in [4.69, 9.17) is 14.6 Å². The molecule has 1 N–H and O–H groups in total. The van der Waals surface area contributed by atoms with E-state index in [1.807, 2.05) is 27.7 Å². The molecule has 6 nitrogen and oxygen atoms in total. The summed E-state index contributed by atoms with van der Waals surface area (Å²) in [5.41, 5.74) is 2.61. The van der Waals surface area contributed by atoms with Gasteiger partial charge in [0.1, 0.15) is 6.10 Å². The van der Waals surface area contributed by atoms with Gasteiger partial charge in [0.25, 0.3) is 0 Å². The molecule has 0 bridgehead atoms. The quantitative estimate of drug-likeness (QED) is 0.276. The highest BCUT2D eigenvalue weighted by molar-refractivity contribution is 5.80. The minimum absolute atomic E-state index is 0.0121. The fourth-order valence-corrected chi connectivity index (χ4v) is 6.36. The Balaban J connectivity index is 2.59. The van der Waals surface area contributed by atoms with Crippen LogP contribution in [0.2, 0.25) is 0 Å². The molecule has 1 fully saturated rings. The van der Waals surface area contributed by atoms with Crippen molar-refractivity contribution in [2.45, 2.75) is 106 Å². The van der Waals surface area contributed by atoms with Gasteiger partial charge in [-0.15, -0.1) is 0 Å². The van der Waals surface area contributed by atoms with Crippen molar-refractivity contribution in [2.24, 2.45) is 22.7 Å². The molecule has 2 aliphatic rings. The Hall–Kier alpha value is -2.11. The zero-order chi connectivity index (χ0) is 25.1. The van der Waals surface area contributed by atoms with Crippen LogP contribution >= 0.6 is 0 Å². The van der Waals surface area contributed by atoms with Crippen molar-refractivity contribution in [2.75, 3.05) is 0 Å². The van der Waals surface area contributed by atoms with Crippen molar-refractivity contribution in [1.82, 2.24) is 0 Å². The summed E-state index contributed by atoms with van der Waals surface area (Å²) in [5.74, 6) is -1.45. The summed E-state index contributed by atoms with van der Waals surface area (Å²) < 4.78 is 12.0. The lowest BCUT2D eigenvalue weighted by molar-refractivity contribution is -0.186. The van der Waals surface area contributed by atoms with Gasteiger partial charge in [0.05, 0.1) is 0 Å². The van der Waals surface area contributed by atoms with Gasteiger partial charge in [-0.1, -0.05) is 52.2 Å². The minimum Gasteiger partial charge on any atom is -0.478 e. The van der Waals surface area contributed by atoms with E-state index in [2.05, 4.69) is 20.8 Å². The molecule has 0 unspecified atom stereocenters. The molecule has 186 valence electrons. The lowest BCUT2D eigenvalue weighted by atomic mass is 9.48. The van der Waals surface area contributed by atoms with Crippen molar-refractivity contribution in [1.29, 1.82) is 0 Å². The van der Waals surface area contributed by atoms with Gasteiger partial charge in [-0.05, 0) is 61.9 Å². The summed E-state index contributed by atoms with van der Waals surface area (Å²) in [4.78, 5) is 36.0. The molecule has 0 aromatic heterocycles. The highest BCUT2D eigenvalue weighted by Crippen LogP contribution is 2.61. The Morgan fingerprint density at radius 3 is 2.30 bits per heavy atom. The average Bonchev–Trinajstić information content (AvgIpc) is 2.62. The Bertz CT molecular complexity index is 834. The maximum Gasteiger partial charge on any atom is 0.328 e.